The van der Waals surface area contributed by atoms with Crippen LogP contribution in [0.5, 0.6) is 0 Å². The van der Waals surface area contributed by atoms with Gasteiger partial charge < -0.3 is 52.5 Å². The van der Waals surface area contributed by atoms with Crippen molar-refractivity contribution in [2.24, 2.45) is 23.7 Å². The molecule has 1 aliphatic carbocycles. The molecule has 9 unspecified atom stereocenters. The lowest BCUT2D eigenvalue weighted by atomic mass is 9.82. The Balaban J connectivity index is 1.31. The van der Waals surface area contributed by atoms with Crippen LogP contribution >= 0.6 is 0 Å². The van der Waals surface area contributed by atoms with Crippen molar-refractivity contribution >= 4 is 12.4 Å². The average Bonchev–Trinajstić information content (AvgIpc) is 3.63. The number of allylic oxidation sites excluding steroid dienone is 3. The molecule has 3 saturated heterocycles. The van der Waals surface area contributed by atoms with Gasteiger partial charge in [-0.1, -0.05) is 70.6 Å². The normalized spacial score (nSPS) is 37.3. The van der Waals surface area contributed by atoms with Crippen LogP contribution < -0.4 is 0 Å². The summed E-state index contributed by atoms with van der Waals surface area (Å²) < 4.78 is 60.8. The van der Waals surface area contributed by atoms with Crippen molar-refractivity contribution in [2.45, 2.75) is 161 Å². The molecule has 5 aliphatic rings. The lowest BCUT2D eigenvalue weighted by Crippen LogP contribution is -2.52. The van der Waals surface area contributed by atoms with Gasteiger partial charge in [-0.2, -0.15) is 0 Å². The second-order valence-electron chi connectivity index (χ2n) is 17.0. The zero-order valence-corrected chi connectivity index (χ0v) is 36.6. The summed E-state index contributed by atoms with van der Waals surface area (Å²) in [5, 5.41) is 10.7. The summed E-state index contributed by atoms with van der Waals surface area (Å²) in [6, 6.07) is 0. The average molecular weight is 831 g/mol. The van der Waals surface area contributed by atoms with E-state index in [0.29, 0.717) is 44.7 Å². The van der Waals surface area contributed by atoms with Gasteiger partial charge in [0.05, 0.1) is 49.8 Å². The first-order valence-corrected chi connectivity index (χ1v) is 21.6. The van der Waals surface area contributed by atoms with Gasteiger partial charge in [-0.3, -0.25) is 9.59 Å². The summed E-state index contributed by atoms with van der Waals surface area (Å²) in [5.74, 6) is -0.689. The highest BCUT2D eigenvalue weighted by molar-refractivity contribution is 5.65. The van der Waals surface area contributed by atoms with E-state index in [1.165, 1.54) is 12.5 Å². The molecule has 4 heterocycles. The first-order valence-electron chi connectivity index (χ1n) is 21.6. The Morgan fingerprint density at radius 2 is 1.93 bits per heavy atom. The van der Waals surface area contributed by atoms with Crippen LogP contribution in [0.15, 0.2) is 59.3 Å². The molecule has 0 aromatic rings. The van der Waals surface area contributed by atoms with Crippen LogP contribution in [0.2, 0.25) is 0 Å². The lowest BCUT2D eigenvalue weighted by molar-refractivity contribution is -0.299. The predicted molar refractivity (Wildman–Crippen MR) is 220 cm³/mol. The van der Waals surface area contributed by atoms with E-state index in [1.54, 1.807) is 7.11 Å². The molecular formula is C46H70O13. The van der Waals surface area contributed by atoms with Crippen molar-refractivity contribution in [2.75, 3.05) is 33.7 Å². The number of aliphatic hydroxyl groups excluding tert-OH is 1. The van der Waals surface area contributed by atoms with Gasteiger partial charge in [0.2, 0.25) is 0 Å². The molecule has 13 nitrogen and oxygen atoms in total. The fraction of sp³-hybridized carbons (Fsp3) is 0.739. The third-order valence-corrected chi connectivity index (χ3v) is 12.6. The van der Waals surface area contributed by atoms with E-state index in [-0.39, 0.29) is 86.5 Å². The Bertz CT molecular complexity index is 1520. The first-order chi connectivity index (χ1) is 28.3. The standard InChI is InChI=1S/C46H70O13/c1-10-28(2)43-32(6)18-19-46(59-43)24-37(54-26-47)22-36(58-46)16-14-31(5)42(30(4)12-11-13-35-25-53-45-38(35)17-15-29(3)41(45)49)57-40-23-39(50-9)44(33(7)56-40)55-27-51-20-21-52-34(8)48/h11-15,18-19,26,28,30,32-33,36-45,49H,10,16-17,20-25,27H2,1-9H3/b12-11+,31-14+,35-13+/t28?,30-,32-,33?,36?,37-,38?,39?,40-,41?,42-,43?,44-,45?,46?/m0/s1. The van der Waals surface area contributed by atoms with Crippen LogP contribution in [0.3, 0.4) is 0 Å². The molecule has 332 valence electrons. The maximum atomic E-state index is 11.6. The second kappa shape index (κ2) is 22.4. The molecule has 59 heavy (non-hydrogen) atoms. The first kappa shape index (κ1) is 47.3. The van der Waals surface area contributed by atoms with Gasteiger partial charge in [0.25, 0.3) is 6.47 Å². The van der Waals surface area contributed by atoms with Crippen LogP contribution in [0, 0.1) is 23.7 Å². The molecular weight excluding hydrogens is 760 g/mol. The Hall–Kier alpha value is -2.72. The third-order valence-electron chi connectivity index (χ3n) is 12.6. The molecule has 1 N–H and O–H groups in total. The number of rotatable bonds is 19. The van der Waals surface area contributed by atoms with Crippen LogP contribution in [-0.4, -0.2) is 118 Å². The van der Waals surface area contributed by atoms with E-state index in [1.807, 2.05) is 19.9 Å². The van der Waals surface area contributed by atoms with E-state index < -0.39 is 24.3 Å². The number of esters is 1. The minimum absolute atomic E-state index is 0.00424. The number of carbonyl (C=O) groups excluding carboxylic acids is 2. The molecule has 0 amide bonds. The molecule has 1 spiro atoms. The molecule has 0 aromatic heterocycles. The number of hydrogen-bond acceptors (Lipinski definition) is 13. The van der Waals surface area contributed by atoms with Crippen LogP contribution in [0.25, 0.3) is 0 Å². The molecule has 15 atom stereocenters. The van der Waals surface area contributed by atoms with Crippen LogP contribution in [0.4, 0.5) is 0 Å². The topological polar surface area (TPSA) is 147 Å². The third kappa shape index (κ3) is 12.7. The van der Waals surface area contributed by atoms with Crippen molar-refractivity contribution < 1.29 is 62.1 Å². The highest BCUT2D eigenvalue weighted by Gasteiger charge is 2.47. The van der Waals surface area contributed by atoms with Crippen LogP contribution in [0.1, 0.15) is 93.9 Å². The number of ether oxygens (including phenoxy) is 10. The largest absolute Gasteiger partial charge is 0.464 e. The molecule has 3 fully saturated rings. The smallest absolute Gasteiger partial charge is 0.302 e. The van der Waals surface area contributed by atoms with E-state index in [4.69, 9.17) is 47.4 Å². The molecule has 5 rings (SSSR count). The Morgan fingerprint density at radius 3 is 2.66 bits per heavy atom. The molecule has 0 radical (unpaired) electrons. The minimum atomic E-state index is -0.975. The highest BCUT2D eigenvalue weighted by atomic mass is 16.7. The number of fused-ring (bicyclic) bond motifs is 1. The summed E-state index contributed by atoms with van der Waals surface area (Å²) in [7, 11) is 1.65. The lowest BCUT2D eigenvalue weighted by Gasteiger charge is -2.47. The molecule has 13 heteroatoms. The maximum absolute atomic E-state index is 11.6. The fourth-order valence-electron chi connectivity index (χ4n) is 9.01. The van der Waals surface area contributed by atoms with Gasteiger partial charge in [-0.25, -0.2) is 0 Å². The Kier molecular flexibility index (Phi) is 18.0. The van der Waals surface area contributed by atoms with Crippen molar-refractivity contribution in [1.29, 1.82) is 0 Å². The summed E-state index contributed by atoms with van der Waals surface area (Å²) in [5.41, 5.74) is 3.13. The predicted octanol–water partition coefficient (Wildman–Crippen LogP) is 6.68. The Labute approximate surface area is 351 Å². The van der Waals surface area contributed by atoms with Crippen molar-refractivity contribution in [3.63, 3.8) is 0 Å². The van der Waals surface area contributed by atoms with Gasteiger partial charge >= 0.3 is 5.97 Å². The van der Waals surface area contributed by atoms with Gasteiger partial charge in [0, 0.05) is 51.0 Å². The van der Waals surface area contributed by atoms with E-state index >= 15 is 0 Å². The molecule has 0 bridgehead atoms. The number of methoxy groups -OCH3 is 1. The molecule has 0 aromatic carbocycles. The van der Waals surface area contributed by atoms with Crippen molar-refractivity contribution in [3.05, 3.63) is 59.3 Å². The van der Waals surface area contributed by atoms with Gasteiger partial charge in [-0.15, -0.1) is 0 Å². The number of aliphatic hydroxyl groups is 1. The molecule has 4 aliphatic heterocycles. The number of carbonyl (C=O) groups is 2. The molecule has 0 saturated carbocycles. The Morgan fingerprint density at radius 1 is 1.14 bits per heavy atom. The summed E-state index contributed by atoms with van der Waals surface area (Å²) >= 11 is 0. The van der Waals surface area contributed by atoms with Crippen molar-refractivity contribution in [1.82, 2.24) is 0 Å². The van der Waals surface area contributed by atoms with E-state index in [2.05, 4.69) is 71.1 Å². The van der Waals surface area contributed by atoms with Gasteiger partial charge in [-0.05, 0) is 62.3 Å². The zero-order chi connectivity index (χ0) is 42.7. The monoisotopic (exact) mass is 830 g/mol. The second-order valence-corrected chi connectivity index (χ2v) is 17.0. The van der Waals surface area contributed by atoms with Crippen molar-refractivity contribution in [3.8, 4) is 0 Å². The maximum Gasteiger partial charge on any atom is 0.302 e. The quantitative estimate of drug-likeness (QED) is 0.0486. The minimum Gasteiger partial charge on any atom is -0.464 e. The SMILES string of the molecule is CCC(C)C1OC2(C=C[C@@H]1C)C[C@@H](OC=O)CC(C/C=C(\C)[C@@H](O[C@H]1CC(OC)[C@@H](OCOCCOC(C)=O)C(C)O1)[C@@H](C)/C=C/C=C1\COC3C(O)C(C)=CCC13)O2. The van der Waals surface area contributed by atoms with Gasteiger partial charge in [0.15, 0.2) is 12.1 Å². The summed E-state index contributed by atoms with van der Waals surface area (Å²) in [6.07, 6.45) is 15.1. The van der Waals surface area contributed by atoms with E-state index in [0.717, 1.165) is 24.0 Å². The highest BCUT2D eigenvalue weighted by Crippen LogP contribution is 2.42. The zero-order valence-electron chi connectivity index (χ0n) is 36.6. The fourth-order valence-corrected chi connectivity index (χ4v) is 9.01. The van der Waals surface area contributed by atoms with Crippen LogP contribution in [-0.2, 0) is 57.0 Å². The van der Waals surface area contributed by atoms with Gasteiger partial charge in [0.1, 0.15) is 31.7 Å². The summed E-state index contributed by atoms with van der Waals surface area (Å²) in [4.78, 5) is 22.6. The summed E-state index contributed by atoms with van der Waals surface area (Å²) in [6.45, 7) is 17.3. The van der Waals surface area contributed by atoms with E-state index in [9.17, 15) is 14.7 Å². The number of hydrogen-bond donors (Lipinski definition) is 1.